The van der Waals surface area contributed by atoms with Crippen LogP contribution >= 0.6 is 15.9 Å². The molecule has 0 unspecified atom stereocenters. The highest BCUT2D eigenvalue weighted by molar-refractivity contribution is 9.10. The summed E-state index contributed by atoms with van der Waals surface area (Å²) in [5, 5.41) is 2.40. The molecular weight excluding hydrogens is 408 g/mol. The van der Waals surface area contributed by atoms with Crippen molar-refractivity contribution in [2.75, 3.05) is 13.2 Å². The van der Waals surface area contributed by atoms with Crippen molar-refractivity contribution in [3.63, 3.8) is 0 Å². The standard InChI is InChI=1S/C17H21BrN2O6/c1-3-25-13(21)9-12(17(24)26-4-2)14(15(19)22)20-16(23)10-6-5-7-11(18)8-10/h5-8,12,14H,3-4,9H2,1-2H3,(H2,19,22)(H,20,23)/t12-,14-/m1/s1. The van der Waals surface area contributed by atoms with Crippen molar-refractivity contribution >= 4 is 39.7 Å². The van der Waals surface area contributed by atoms with Gasteiger partial charge in [0.15, 0.2) is 0 Å². The van der Waals surface area contributed by atoms with Gasteiger partial charge in [0.2, 0.25) is 5.91 Å². The van der Waals surface area contributed by atoms with Crippen molar-refractivity contribution in [3.05, 3.63) is 34.3 Å². The van der Waals surface area contributed by atoms with Crippen molar-refractivity contribution in [1.29, 1.82) is 0 Å². The van der Waals surface area contributed by atoms with E-state index in [1.807, 2.05) is 0 Å². The van der Waals surface area contributed by atoms with Gasteiger partial charge in [0.05, 0.1) is 25.6 Å². The zero-order chi connectivity index (χ0) is 19.7. The molecule has 26 heavy (non-hydrogen) atoms. The summed E-state index contributed by atoms with van der Waals surface area (Å²) in [6, 6.07) is 5.01. The van der Waals surface area contributed by atoms with Gasteiger partial charge in [-0.15, -0.1) is 0 Å². The molecule has 1 rings (SSSR count). The number of nitrogens with two attached hydrogens (primary N) is 1. The number of nitrogens with one attached hydrogen (secondary N) is 1. The number of benzene rings is 1. The summed E-state index contributed by atoms with van der Waals surface area (Å²) in [6.07, 6.45) is -0.445. The fraction of sp³-hybridized carbons (Fsp3) is 0.412. The largest absolute Gasteiger partial charge is 0.466 e. The van der Waals surface area contributed by atoms with Crippen molar-refractivity contribution in [2.45, 2.75) is 26.3 Å². The van der Waals surface area contributed by atoms with Crippen LogP contribution in [-0.2, 0) is 23.9 Å². The molecule has 0 aliphatic rings. The molecule has 1 aromatic rings. The Labute approximate surface area is 159 Å². The number of hydrogen-bond acceptors (Lipinski definition) is 6. The maximum atomic E-state index is 12.4. The maximum Gasteiger partial charge on any atom is 0.312 e. The maximum absolute atomic E-state index is 12.4. The summed E-state index contributed by atoms with van der Waals surface area (Å²) in [7, 11) is 0. The van der Waals surface area contributed by atoms with Crippen molar-refractivity contribution in [2.24, 2.45) is 11.7 Å². The lowest BCUT2D eigenvalue weighted by atomic mass is 9.95. The van der Waals surface area contributed by atoms with Crippen molar-refractivity contribution in [3.8, 4) is 0 Å². The second-order valence-corrected chi connectivity index (χ2v) is 6.15. The highest BCUT2D eigenvalue weighted by Crippen LogP contribution is 2.16. The van der Waals surface area contributed by atoms with E-state index in [2.05, 4.69) is 21.2 Å². The molecule has 2 atom stereocenters. The third-order valence-electron chi connectivity index (χ3n) is 3.36. The third-order valence-corrected chi connectivity index (χ3v) is 3.86. The number of hydrogen-bond donors (Lipinski definition) is 2. The number of rotatable bonds is 9. The van der Waals surface area contributed by atoms with Crippen LogP contribution in [0.4, 0.5) is 0 Å². The molecule has 0 aromatic heterocycles. The summed E-state index contributed by atoms with van der Waals surface area (Å²) in [4.78, 5) is 48.3. The minimum Gasteiger partial charge on any atom is -0.466 e. The third kappa shape index (κ3) is 6.47. The molecular formula is C17H21BrN2O6. The molecule has 0 aliphatic carbocycles. The van der Waals surface area contributed by atoms with Crippen LogP contribution in [0.3, 0.4) is 0 Å². The van der Waals surface area contributed by atoms with Crippen LogP contribution in [0.5, 0.6) is 0 Å². The molecule has 0 radical (unpaired) electrons. The average molecular weight is 429 g/mol. The van der Waals surface area contributed by atoms with Crippen molar-refractivity contribution < 1.29 is 28.7 Å². The minimum atomic E-state index is -1.43. The summed E-state index contributed by atoms with van der Waals surface area (Å²) in [5.74, 6) is -4.39. The van der Waals surface area contributed by atoms with Crippen molar-refractivity contribution in [1.82, 2.24) is 5.32 Å². The van der Waals surface area contributed by atoms with Crippen LogP contribution in [0.2, 0.25) is 0 Å². The average Bonchev–Trinajstić information content (AvgIpc) is 2.58. The van der Waals surface area contributed by atoms with Gasteiger partial charge >= 0.3 is 11.9 Å². The predicted molar refractivity (Wildman–Crippen MR) is 96.0 cm³/mol. The minimum absolute atomic E-state index is 0.0449. The monoisotopic (exact) mass is 428 g/mol. The van der Waals surface area contributed by atoms with E-state index in [9.17, 15) is 19.2 Å². The van der Waals surface area contributed by atoms with E-state index in [-0.39, 0.29) is 18.8 Å². The molecule has 9 heteroatoms. The molecule has 0 aliphatic heterocycles. The van der Waals surface area contributed by atoms with E-state index in [0.717, 1.165) is 0 Å². The van der Waals surface area contributed by atoms with Crippen LogP contribution in [0.1, 0.15) is 30.6 Å². The lowest BCUT2D eigenvalue weighted by molar-refractivity contribution is -0.156. The lowest BCUT2D eigenvalue weighted by Crippen LogP contribution is -2.52. The smallest absolute Gasteiger partial charge is 0.312 e. The Kier molecular flexibility index (Phi) is 8.77. The number of amides is 2. The van der Waals surface area contributed by atoms with Gasteiger partial charge in [-0.2, -0.15) is 0 Å². The zero-order valence-corrected chi connectivity index (χ0v) is 16.1. The van der Waals surface area contributed by atoms with Gasteiger partial charge in [0, 0.05) is 10.0 Å². The van der Waals surface area contributed by atoms with Gasteiger partial charge in [0.1, 0.15) is 6.04 Å². The first-order chi connectivity index (χ1) is 12.3. The fourth-order valence-electron chi connectivity index (χ4n) is 2.21. The number of carbonyl (C=O) groups is 4. The Morgan fingerprint density at radius 2 is 1.81 bits per heavy atom. The number of carbonyl (C=O) groups excluding carboxylic acids is 4. The first-order valence-electron chi connectivity index (χ1n) is 7.98. The molecule has 142 valence electrons. The van der Waals surface area contributed by atoms with E-state index >= 15 is 0 Å². The number of ether oxygens (including phenoxy) is 2. The molecule has 0 heterocycles. The molecule has 0 spiro atoms. The van der Waals surface area contributed by atoms with Crippen LogP contribution in [0.15, 0.2) is 28.7 Å². The fourth-order valence-corrected chi connectivity index (χ4v) is 2.61. The Morgan fingerprint density at radius 3 is 2.35 bits per heavy atom. The quantitative estimate of drug-likeness (QED) is 0.568. The summed E-state index contributed by atoms with van der Waals surface area (Å²) in [5.41, 5.74) is 5.61. The first kappa shape index (κ1) is 21.6. The van der Waals surface area contributed by atoms with E-state index in [1.54, 1.807) is 26.0 Å². The first-order valence-corrected chi connectivity index (χ1v) is 8.77. The van der Waals surface area contributed by atoms with Gasteiger partial charge in [-0.05, 0) is 32.0 Å². The zero-order valence-electron chi connectivity index (χ0n) is 14.5. The molecule has 0 saturated carbocycles. The van der Waals surface area contributed by atoms with Crippen LogP contribution in [0, 0.1) is 5.92 Å². The molecule has 0 fully saturated rings. The summed E-state index contributed by atoms with van der Waals surface area (Å²) >= 11 is 3.24. The molecule has 0 bridgehead atoms. The SMILES string of the molecule is CCOC(=O)C[C@@H](C(=O)OCC)[C@@H](NC(=O)c1cccc(Br)c1)C(N)=O. The van der Waals surface area contributed by atoms with Gasteiger partial charge in [-0.3, -0.25) is 19.2 Å². The molecule has 1 aromatic carbocycles. The highest BCUT2D eigenvalue weighted by atomic mass is 79.9. The number of primary amides is 1. The van der Waals surface area contributed by atoms with Gasteiger partial charge in [0.25, 0.3) is 5.91 Å². The topological polar surface area (TPSA) is 125 Å². The molecule has 2 amide bonds. The summed E-state index contributed by atoms with van der Waals surface area (Å²) < 4.78 is 10.4. The van der Waals surface area contributed by atoms with E-state index in [4.69, 9.17) is 15.2 Å². The highest BCUT2D eigenvalue weighted by Gasteiger charge is 2.37. The lowest BCUT2D eigenvalue weighted by Gasteiger charge is -2.23. The van der Waals surface area contributed by atoms with E-state index in [1.165, 1.54) is 12.1 Å². The van der Waals surface area contributed by atoms with Crippen LogP contribution in [0.25, 0.3) is 0 Å². The molecule has 3 N–H and O–H groups in total. The van der Waals surface area contributed by atoms with Crippen LogP contribution < -0.4 is 11.1 Å². The number of esters is 2. The van der Waals surface area contributed by atoms with Crippen LogP contribution in [-0.4, -0.2) is 43.0 Å². The second-order valence-electron chi connectivity index (χ2n) is 5.23. The van der Waals surface area contributed by atoms with Gasteiger partial charge < -0.3 is 20.5 Å². The molecule has 0 saturated heterocycles. The Bertz CT molecular complexity index is 679. The van der Waals surface area contributed by atoms with E-state index in [0.29, 0.717) is 4.47 Å². The van der Waals surface area contributed by atoms with E-state index < -0.39 is 42.1 Å². The number of halogens is 1. The predicted octanol–water partition coefficient (Wildman–Crippen LogP) is 1.17. The Balaban J connectivity index is 3.06. The van der Waals surface area contributed by atoms with Gasteiger partial charge in [-0.1, -0.05) is 22.0 Å². The normalized spacial score (nSPS) is 12.6. The van der Waals surface area contributed by atoms with Gasteiger partial charge in [-0.25, -0.2) is 0 Å². The Morgan fingerprint density at radius 1 is 1.15 bits per heavy atom. The summed E-state index contributed by atoms with van der Waals surface area (Å²) in [6.45, 7) is 3.35. The Hall–Kier alpha value is -2.42. The second kappa shape index (κ2) is 10.5. The molecule has 8 nitrogen and oxygen atoms in total.